The molecule has 1 aliphatic heterocycles. The summed E-state index contributed by atoms with van der Waals surface area (Å²) in [6, 6.07) is 31.0. The molecule has 4 aromatic carbocycles. The van der Waals surface area contributed by atoms with Gasteiger partial charge in [-0.25, -0.2) is 0 Å². The molecule has 5 rings (SSSR count). The molecule has 0 aliphatic carbocycles. The van der Waals surface area contributed by atoms with Crippen molar-refractivity contribution in [3.63, 3.8) is 0 Å². The third-order valence-corrected chi connectivity index (χ3v) is 5.53. The van der Waals surface area contributed by atoms with Crippen molar-refractivity contribution in [2.45, 2.75) is 6.61 Å². The van der Waals surface area contributed by atoms with Crippen molar-refractivity contribution in [3.05, 3.63) is 125 Å². The molecule has 0 fully saturated rings. The first-order chi connectivity index (χ1) is 15.7. The van der Waals surface area contributed by atoms with Crippen molar-refractivity contribution < 1.29 is 14.3 Å². The molecule has 0 aromatic heterocycles. The molecule has 1 aliphatic rings. The summed E-state index contributed by atoms with van der Waals surface area (Å²) >= 11 is 5.92. The van der Waals surface area contributed by atoms with Crippen LogP contribution in [0.5, 0.6) is 11.5 Å². The SMILES string of the molecule is O=C1/C(=C/c2ccc(-c3ccccc3)cc2)Oc2cc(OCc3ccc(Cl)cc3)ccc21. The number of halogens is 1. The van der Waals surface area contributed by atoms with Gasteiger partial charge >= 0.3 is 0 Å². The predicted molar refractivity (Wildman–Crippen MR) is 127 cm³/mol. The smallest absolute Gasteiger partial charge is 0.231 e. The van der Waals surface area contributed by atoms with Gasteiger partial charge in [-0.3, -0.25) is 4.79 Å². The minimum absolute atomic E-state index is 0.128. The number of Topliss-reactive ketones (excluding diaryl/α,β-unsaturated/α-hetero) is 1. The Bertz CT molecular complexity index is 1290. The summed E-state index contributed by atoms with van der Waals surface area (Å²) in [5.41, 5.74) is 4.72. The van der Waals surface area contributed by atoms with Crippen molar-refractivity contribution in [1.82, 2.24) is 0 Å². The maximum absolute atomic E-state index is 12.8. The molecule has 0 radical (unpaired) electrons. The van der Waals surface area contributed by atoms with Gasteiger partial charge in [0.05, 0.1) is 5.56 Å². The Hall–Kier alpha value is -3.82. The number of carbonyl (C=O) groups is 1. The number of rotatable bonds is 5. The Morgan fingerprint density at radius 1 is 0.812 bits per heavy atom. The Morgan fingerprint density at radius 3 is 2.28 bits per heavy atom. The number of hydrogen-bond acceptors (Lipinski definition) is 3. The molecule has 0 bridgehead atoms. The van der Waals surface area contributed by atoms with E-state index >= 15 is 0 Å². The van der Waals surface area contributed by atoms with E-state index < -0.39 is 0 Å². The van der Waals surface area contributed by atoms with Gasteiger partial charge in [0.25, 0.3) is 0 Å². The van der Waals surface area contributed by atoms with Crippen LogP contribution < -0.4 is 9.47 Å². The monoisotopic (exact) mass is 438 g/mol. The molecule has 0 saturated carbocycles. The summed E-state index contributed by atoms with van der Waals surface area (Å²) in [5, 5.41) is 0.687. The topological polar surface area (TPSA) is 35.5 Å². The normalized spacial score (nSPS) is 13.7. The van der Waals surface area contributed by atoms with Crippen LogP contribution in [0.15, 0.2) is 103 Å². The molecule has 4 heteroatoms. The van der Waals surface area contributed by atoms with Crippen LogP contribution in [0.25, 0.3) is 17.2 Å². The molecule has 0 amide bonds. The highest BCUT2D eigenvalue weighted by Gasteiger charge is 2.27. The van der Waals surface area contributed by atoms with Crippen LogP contribution in [0.3, 0.4) is 0 Å². The molecule has 1 heterocycles. The van der Waals surface area contributed by atoms with Gasteiger partial charge in [0.1, 0.15) is 18.1 Å². The number of hydrogen-bond donors (Lipinski definition) is 0. The standard InChI is InChI=1S/C28H19ClO3/c29-23-12-8-20(9-13-23)18-31-24-14-15-25-26(17-24)32-27(28(25)30)16-19-6-10-22(11-7-19)21-4-2-1-3-5-21/h1-17H,18H2/b27-16-. The van der Waals surface area contributed by atoms with E-state index in [9.17, 15) is 4.79 Å². The predicted octanol–water partition coefficient (Wildman–Crippen LogP) is 7.20. The summed E-state index contributed by atoms with van der Waals surface area (Å²) in [7, 11) is 0. The first-order valence-electron chi connectivity index (χ1n) is 10.3. The van der Waals surface area contributed by atoms with E-state index in [-0.39, 0.29) is 5.78 Å². The molecule has 0 spiro atoms. The number of fused-ring (bicyclic) bond motifs is 1. The molecule has 3 nitrogen and oxygen atoms in total. The van der Waals surface area contributed by atoms with Crippen molar-refractivity contribution in [2.75, 3.05) is 0 Å². The highest BCUT2D eigenvalue weighted by molar-refractivity contribution is 6.30. The molecule has 0 unspecified atom stereocenters. The Balaban J connectivity index is 1.30. The quantitative estimate of drug-likeness (QED) is 0.309. The molecule has 0 atom stereocenters. The number of carbonyl (C=O) groups excluding carboxylic acids is 1. The van der Waals surface area contributed by atoms with Crippen molar-refractivity contribution in [3.8, 4) is 22.6 Å². The zero-order valence-electron chi connectivity index (χ0n) is 17.1. The number of ketones is 1. The second-order valence-electron chi connectivity index (χ2n) is 7.50. The molecular weight excluding hydrogens is 420 g/mol. The lowest BCUT2D eigenvalue weighted by molar-refractivity contribution is 0.101. The largest absolute Gasteiger partial charge is 0.489 e. The number of benzene rings is 4. The molecule has 0 saturated heterocycles. The first-order valence-corrected chi connectivity index (χ1v) is 10.6. The Kier molecular flexibility index (Phi) is 5.49. The summed E-state index contributed by atoms with van der Waals surface area (Å²) < 4.78 is 11.7. The van der Waals surface area contributed by atoms with E-state index in [0.717, 1.165) is 22.3 Å². The molecule has 4 aromatic rings. The van der Waals surface area contributed by atoms with E-state index in [0.29, 0.717) is 34.5 Å². The number of ether oxygens (including phenoxy) is 2. The van der Waals surface area contributed by atoms with Crippen molar-refractivity contribution in [2.24, 2.45) is 0 Å². The average molecular weight is 439 g/mol. The lowest BCUT2D eigenvalue weighted by atomic mass is 10.0. The second kappa shape index (κ2) is 8.74. The van der Waals surface area contributed by atoms with Crippen molar-refractivity contribution in [1.29, 1.82) is 0 Å². The van der Waals surface area contributed by atoms with Crippen LogP contribution >= 0.6 is 11.6 Å². The van der Waals surface area contributed by atoms with Crippen LogP contribution in [-0.2, 0) is 6.61 Å². The molecule has 32 heavy (non-hydrogen) atoms. The van der Waals surface area contributed by atoms with Gasteiger partial charge in [0.2, 0.25) is 5.78 Å². The van der Waals surface area contributed by atoms with Crippen LogP contribution in [-0.4, -0.2) is 5.78 Å². The van der Waals surface area contributed by atoms with Crippen molar-refractivity contribution >= 4 is 23.5 Å². The zero-order valence-corrected chi connectivity index (χ0v) is 17.9. The minimum Gasteiger partial charge on any atom is -0.489 e. The molecule has 0 N–H and O–H groups in total. The van der Waals surface area contributed by atoms with Crippen LogP contribution in [0.2, 0.25) is 5.02 Å². The fraction of sp³-hybridized carbons (Fsp3) is 0.0357. The second-order valence-corrected chi connectivity index (χ2v) is 7.94. The highest BCUT2D eigenvalue weighted by atomic mass is 35.5. The van der Waals surface area contributed by atoms with E-state index in [1.807, 2.05) is 66.7 Å². The van der Waals surface area contributed by atoms with Gasteiger partial charge in [-0.1, -0.05) is 78.3 Å². The molecule has 156 valence electrons. The number of allylic oxidation sites excluding steroid dienone is 1. The van der Waals surface area contributed by atoms with Gasteiger partial charge in [-0.05, 0) is 52.6 Å². The maximum Gasteiger partial charge on any atom is 0.231 e. The van der Waals surface area contributed by atoms with Gasteiger partial charge in [-0.2, -0.15) is 0 Å². The summed E-state index contributed by atoms with van der Waals surface area (Å²) in [6.07, 6.45) is 1.77. The average Bonchev–Trinajstić information content (AvgIpc) is 3.14. The third-order valence-electron chi connectivity index (χ3n) is 5.28. The summed E-state index contributed by atoms with van der Waals surface area (Å²) in [5.74, 6) is 1.33. The maximum atomic E-state index is 12.8. The van der Waals surface area contributed by atoms with Crippen LogP contribution in [0.1, 0.15) is 21.5 Å². The highest BCUT2D eigenvalue weighted by Crippen LogP contribution is 2.35. The van der Waals surface area contributed by atoms with Crippen LogP contribution in [0, 0.1) is 0 Å². The van der Waals surface area contributed by atoms with Gasteiger partial charge in [-0.15, -0.1) is 0 Å². The van der Waals surface area contributed by atoms with Gasteiger partial charge < -0.3 is 9.47 Å². The first kappa shape index (κ1) is 20.1. The fourth-order valence-electron chi connectivity index (χ4n) is 3.56. The minimum atomic E-state index is -0.128. The van der Waals surface area contributed by atoms with E-state index in [2.05, 4.69) is 12.1 Å². The summed E-state index contributed by atoms with van der Waals surface area (Å²) in [4.78, 5) is 12.8. The van der Waals surface area contributed by atoms with E-state index in [1.165, 1.54) is 0 Å². The zero-order chi connectivity index (χ0) is 21.9. The lowest BCUT2D eigenvalue weighted by Crippen LogP contribution is -1.98. The molecular formula is C28H19ClO3. The Morgan fingerprint density at radius 2 is 1.53 bits per heavy atom. The van der Waals surface area contributed by atoms with E-state index in [1.54, 1.807) is 24.3 Å². The van der Waals surface area contributed by atoms with Gasteiger partial charge in [0.15, 0.2) is 5.76 Å². The van der Waals surface area contributed by atoms with Gasteiger partial charge in [0, 0.05) is 11.1 Å². The van der Waals surface area contributed by atoms with E-state index in [4.69, 9.17) is 21.1 Å². The lowest BCUT2D eigenvalue weighted by Gasteiger charge is -2.07. The summed E-state index contributed by atoms with van der Waals surface area (Å²) in [6.45, 7) is 0.403. The fourth-order valence-corrected chi connectivity index (χ4v) is 3.68. The Labute approximate surface area is 191 Å². The third kappa shape index (κ3) is 4.29. The van der Waals surface area contributed by atoms with Crippen LogP contribution in [0.4, 0.5) is 0 Å².